The molecule has 36 heavy (non-hydrogen) atoms. The highest BCUT2D eigenvalue weighted by atomic mass is 16.6. The van der Waals surface area contributed by atoms with Gasteiger partial charge in [-0.15, -0.1) is 0 Å². The number of aryl methyl sites for hydroxylation is 1. The fourth-order valence-electron chi connectivity index (χ4n) is 5.62. The first kappa shape index (κ1) is 24.6. The van der Waals surface area contributed by atoms with Crippen LogP contribution >= 0.6 is 0 Å². The molecule has 0 radical (unpaired) electrons. The molecule has 0 saturated carbocycles. The minimum absolute atomic E-state index is 0.252. The number of hydrogen-bond donors (Lipinski definition) is 3. The standard InChI is InChI=1S/C28H32N2O6/c1-2-3-4-6-9-18-14-20-17-35-28(24(20)21(15-18)19-10-7-5-8-11-19)22(16-31)36-26(25(28)33)30-13-12-23(32)29-27(30)34/h5,7-8,10-15,22,25-26,31,33H,2-4,6,9,16-17H2,1H3,(H,29,32,34)/t22-,25+,26-,28+/m1/s1. The number of benzene rings is 2. The normalized spacial score (nSPS) is 24.9. The molecule has 3 aromatic rings. The Balaban J connectivity index is 1.62. The Bertz CT molecular complexity index is 1330. The third kappa shape index (κ3) is 4.14. The number of aliphatic hydroxyl groups excluding tert-OH is 2. The molecular weight excluding hydrogens is 460 g/mol. The van der Waals surface area contributed by atoms with Crippen LogP contribution in [0.5, 0.6) is 0 Å². The second kappa shape index (κ2) is 10.1. The van der Waals surface area contributed by atoms with Gasteiger partial charge in [0.1, 0.15) is 12.2 Å². The summed E-state index contributed by atoms with van der Waals surface area (Å²) in [7, 11) is 0. The summed E-state index contributed by atoms with van der Waals surface area (Å²) >= 11 is 0. The van der Waals surface area contributed by atoms with E-state index < -0.39 is 41.9 Å². The van der Waals surface area contributed by atoms with Gasteiger partial charge in [-0.2, -0.15) is 0 Å². The second-order valence-electron chi connectivity index (χ2n) is 9.60. The van der Waals surface area contributed by atoms with Crippen LogP contribution in [-0.4, -0.2) is 38.6 Å². The van der Waals surface area contributed by atoms with Crippen LogP contribution in [-0.2, 0) is 28.1 Å². The van der Waals surface area contributed by atoms with Gasteiger partial charge in [0.05, 0.1) is 13.2 Å². The van der Waals surface area contributed by atoms with E-state index in [1.807, 2.05) is 30.3 Å². The Morgan fingerprint density at radius 2 is 1.92 bits per heavy atom. The molecule has 8 nitrogen and oxygen atoms in total. The molecule has 4 atom stereocenters. The van der Waals surface area contributed by atoms with E-state index in [1.165, 1.54) is 37.1 Å². The molecule has 0 aliphatic carbocycles. The number of fused-ring (bicyclic) bond motifs is 2. The number of ether oxygens (including phenoxy) is 2. The molecule has 1 spiro atoms. The summed E-state index contributed by atoms with van der Waals surface area (Å²) < 4.78 is 13.5. The van der Waals surface area contributed by atoms with Crippen molar-refractivity contribution >= 4 is 0 Å². The summed E-state index contributed by atoms with van der Waals surface area (Å²) in [5.41, 5.74) is 2.19. The van der Waals surface area contributed by atoms with Gasteiger partial charge < -0.3 is 19.7 Å². The summed E-state index contributed by atoms with van der Waals surface area (Å²) in [5, 5.41) is 22.0. The first-order chi connectivity index (χ1) is 17.5. The van der Waals surface area contributed by atoms with E-state index in [-0.39, 0.29) is 6.61 Å². The highest BCUT2D eigenvalue weighted by Gasteiger charge is 2.62. The Morgan fingerprint density at radius 1 is 1.11 bits per heavy atom. The molecule has 1 fully saturated rings. The van der Waals surface area contributed by atoms with E-state index in [4.69, 9.17) is 9.47 Å². The number of nitrogens with zero attached hydrogens (tertiary/aromatic N) is 1. The molecule has 0 unspecified atom stereocenters. The summed E-state index contributed by atoms with van der Waals surface area (Å²) in [5.74, 6) is 0. The SMILES string of the molecule is CCCCCCc1cc2c(c(-c3ccccc3)c1)[C@@]1(OC2)[C@@H](CO)O[C@@H](n2ccc(=O)[nH]c2=O)[C@@H]1O. The van der Waals surface area contributed by atoms with Gasteiger partial charge in [-0.25, -0.2) is 4.79 Å². The maximum absolute atomic E-state index is 12.5. The van der Waals surface area contributed by atoms with Crippen molar-refractivity contribution in [2.45, 2.75) is 69.7 Å². The highest BCUT2D eigenvalue weighted by molar-refractivity contribution is 5.72. The van der Waals surface area contributed by atoms with Gasteiger partial charge in [0.2, 0.25) is 0 Å². The Morgan fingerprint density at radius 3 is 2.64 bits per heavy atom. The first-order valence-corrected chi connectivity index (χ1v) is 12.6. The Labute approximate surface area is 209 Å². The predicted molar refractivity (Wildman–Crippen MR) is 135 cm³/mol. The molecule has 0 bridgehead atoms. The van der Waals surface area contributed by atoms with Crippen LogP contribution in [0.3, 0.4) is 0 Å². The molecular formula is C28H32N2O6. The summed E-state index contributed by atoms with van der Waals surface area (Å²) in [6.45, 7) is 2.03. The van der Waals surface area contributed by atoms with Crippen LogP contribution in [0.4, 0.5) is 0 Å². The lowest BCUT2D eigenvalue weighted by molar-refractivity contribution is -0.134. The van der Waals surface area contributed by atoms with Crippen LogP contribution in [0.25, 0.3) is 11.1 Å². The van der Waals surface area contributed by atoms with E-state index in [1.54, 1.807) is 0 Å². The zero-order valence-corrected chi connectivity index (χ0v) is 20.4. The zero-order chi connectivity index (χ0) is 25.3. The molecule has 1 saturated heterocycles. The maximum Gasteiger partial charge on any atom is 0.330 e. The molecule has 1 aromatic heterocycles. The number of hydrogen-bond acceptors (Lipinski definition) is 6. The van der Waals surface area contributed by atoms with E-state index in [0.29, 0.717) is 0 Å². The molecule has 3 N–H and O–H groups in total. The molecule has 2 aromatic carbocycles. The number of aromatic nitrogens is 2. The van der Waals surface area contributed by atoms with Crippen LogP contribution in [0.2, 0.25) is 0 Å². The van der Waals surface area contributed by atoms with Crippen LogP contribution in [0, 0.1) is 0 Å². The Kier molecular flexibility index (Phi) is 6.94. The molecule has 190 valence electrons. The smallest absolute Gasteiger partial charge is 0.330 e. The summed E-state index contributed by atoms with van der Waals surface area (Å²) in [6, 6.07) is 15.4. The quantitative estimate of drug-likeness (QED) is 0.417. The molecule has 8 heteroatoms. The van der Waals surface area contributed by atoms with Crippen LogP contribution < -0.4 is 11.2 Å². The highest BCUT2D eigenvalue weighted by Crippen LogP contribution is 2.54. The minimum Gasteiger partial charge on any atom is -0.394 e. The van der Waals surface area contributed by atoms with E-state index in [2.05, 4.69) is 24.0 Å². The number of nitrogens with one attached hydrogen (secondary N) is 1. The third-order valence-corrected chi connectivity index (χ3v) is 7.32. The monoisotopic (exact) mass is 492 g/mol. The molecule has 3 heterocycles. The lowest BCUT2D eigenvalue weighted by atomic mass is 9.78. The minimum atomic E-state index is -1.38. The van der Waals surface area contributed by atoms with E-state index >= 15 is 0 Å². The van der Waals surface area contributed by atoms with Crippen molar-refractivity contribution in [2.24, 2.45) is 0 Å². The van der Waals surface area contributed by atoms with Gasteiger partial charge in [0.15, 0.2) is 11.8 Å². The number of H-pyrrole nitrogens is 1. The predicted octanol–water partition coefficient (Wildman–Crippen LogP) is 3.00. The van der Waals surface area contributed by atoms with E-state index in [0.717, 1.165) is 39.7 Å². The molecule has 2 aliphatic heterocycles. The van der Waals surface area contributed by atoms with Crippen molar-refractivity contribution < 1.29 is 19.7 Å². The Hall–Kier alpha value is -3.04. The van der Waals surface area contributed by atoms with Crippen LogP contribution in [0.15, 0.2) is 64.3 Å². The van der Waals surface area contributed by atoms with Crippen LogP contribution in [0.1, 0.15) is 55.5 Å². The van der Waals surface area contributed by atoms with Crippen molar-refractivity contribution in [1.29, 1.82) is 0 Å². The average molecular weight is 493 g/mol. The van der Waals surface area contributed by atoms with Gasteiger partial charge in [-0.3, -0.25) is 14.3 Å². The lowest BCUT2D eigenvalue weighted by Crippen LogP contribution is -2.47. The summed E-state index contributed by atoms with van der Waals surface area (Å²) in [6.07, 6.45) is 3.50. The third-order valence-electron chi connectivity index (χ3n) is 7.32. The van der Waals surface area contributed by atoms with Crippen molar-refractivity contribution in [3.63, 3.8) is 0 Å². The maximum atomic E-state index is 12.5. The molecule has 5 rings (SSSR count). The topological polar surface area (TPSA) is 114 Å². The van der Waals surface area contributed by atoms with Gasteiger partial charge >= 0.3 is 5.69 Å². The number of aromatic amines is 1. The number of aliphatic hydroxyl groups is 2. The second-order valence-corrected chi connectivity index (χ2v) is 9.60. The zero-order valence-electron chi connectivity index (χ0n) is 20.4. The lowest BCUT2D eigenvalue weighted by Gasteiger charge is -2.33. The first-order valence-electron chi connectivity index (χ1n) is 12.6. The fraction of sp³-hybridized carbons (Fsp3) is 0.429. The van der Waals surface area contributed by atoms with Gasteiger partial charge in [0.25, 0.3) is 5.56 Å². The summed E-state index contributed by atoms with van der Waals surface area (Å²) in [4.78, 5) is 26.3. The molecule has 2 aliphatic rings. The van der Waals surface area contributed by atoms with Crippen molar-refractivity contribution in [3.8, 4) is 11.1 Å². The number of unbranched alkanes of at least 4 members (excludes halogenated alkanes) is 3. The van der Waals surface area contributed by atoms with Gasteiger partial charge in [-0.05, 0) is 35.1 Å². The largest absolute Gasteiger partial charge is 0.394 e. The van der Waals surface area contributed by atoms with Crippen molar-refractivity contribution in [1.82, 2.24) is 9.55 Å². The van der Waals surface area contributed by atoms with E-state index in [9.17, 15) is 19.8 Å². The fourth-order valence-corrected chi connectivity index (χ4v) is 5.62. The van der Waals surface area contributed by atoms with Gasteiger partial charge in [0, 0.05) is 17.8 Å². The van der Waals surface area contributed by atoms with Gasteiger partial charge in [-0.1, -0.05) is 68.7 Å². The molecule has 0 amide bonds. The number of rotatable bonds is 8. The van der Waals surface area contributed by atoms with Crippen molar-refractivity contribution in [2.75, 3.05) is 6.61 Å². The average Bonchev–Trinajstić information content (AvgIpc) is 3.41. The van der Waals surface area contributed by atoms with Crippen molar-refractivity contribution in [3.05, 3.63) is 92.3 Å².